The average molecular weight is 278 g/mol. The van der Waals surface area contributed by atoms with E-state index in [1.807, 2.05) is 19.1 Å². The number of nitrogens with two attached hydrogens (primary N) is 1. The van der Waals surface area contributed by atoms with Gasteiger partial charge in [-0.1, -0.05) is 12.1 Å². The smallest absolute Gasteiger partial charge is 0.260 e. The summed E-state index contributed by atoms with van der Waals surface area (Å²) in [6, 6.07) is 7.18. The number of carbonyl (C=O) groups is 1. The Kier molecular flexibility index (Phi) is 5.24. The van der Waals surface area contributed by atoms with E-state index in [2.05, 4.69) is 0 Å². The maximum Gasteiger partial charge on any atom is 0.260 e. The molecule has 0 spiro atoms. The topological polar surface area (TPSA) is 64.8 Å². The van der Waals surface area contributed by atoms with Gasteiger partial charge < -0.3 is 20.1 Å². The van der Waals surface area contributed by atoms with Crippen molar-refractivity contribution in [2.24, 2.45) is 0 Å². The summed E-state index contributed by atoms with van der Waals surface area (Å²) >= 11 is 0. The molecule has 0 bridgehead atoms. The van der Waals surface area contributed by atoms with Crippen LogP contribution in [0.2, 0.25) is 0 Å². The van der Waals surface area contributed by atoms with Crippen LogP contribution in [0, 0.1) is 0 Å². The summed E-state index contributed by atoms with van der Waals surface area (Å²) < 4.78 is 11.1. The summed E-state index contributed by atoms with van der Waals surface area (Å²) in [5, 5.41) is 0. The van der Waals surface area contributed by atoms with Gasteiger partial charge in [-0.3, -0.25) is 4.79 Å². The highest BCUT2D eigenvalue weighted by molar-refractivity contribution is 5.78. The Balaban J connectivity index is 1.84. The van der Waals surface area contributed by atoms with Crippen molar-refractivity contribution in [2.75, 3.05) is 32.0 Å². The number of hydrogen-bond acceptors (Lipinski definition) is 4. The van der Waals surface area contributed by atoms with Crippen molar-refractivity contribution >= 4 is 11.6 Å². The number of anilines is 1. The molecule has 5 heteroatoms. The Labute approximate surface area is 119 Å². The van der Waals surface area contributed by atoms with Gasteiger partial charge in [-0.15, -0.1) is 0 Å². The summed E-state index contributed by atoms with van der Waals surface area (Å²) in [6.07, 6.45) is 2.27. The van der Waals surface area contributed by atoms with Gasteiger partial charge in [0.25, 0.3) is 5.91 Å². The number of rotatable bonds is 6. The number of hydrogen-bond donors (Lipinski definition) is 1. The van der Waals surface area contributed by atoms with Crippen LogP contribution in [-0.4, -0.2) is 43.2 Å². The predicted octanol–water partition coefficient (Wildman–Crippen LogP) is 1.68. The van der Waals surface area contributed by atoms with E-state index < -0.39 is 0 Å². The summed E-state index contributed by atoms with van der Waals surface area (Å²) in [6.45, 7) is 4.07. The molecular formula is C15H22N2O3. The normalized spacial score (nSPS) is 17.9. The lowest BCUT2D eigenvalue weighted by atomic mass is 10.2. The van der Waals surface area contributed by atoms with Gasteiger partial charge in [0.15, 0.2) is 6.61 Å². The first-order valence-electron chi connectivity index (χ1n) is 7.07. The van der Waals surface area contributed by atoms with Crippen LogP contribution in [0.3, 0.4) is 0 Å². The van der Waals surface area contributed by atoms with Crippen molar-refractivity contribution in [1.82, 2.24) is 4.90 Å². The highest BCUT2D eigenvalue weighted by Crippen LogP contribution is 2.20. The van der Waals surface area contributed by atoms with Crippen molar-refractivity contribution in [3.05, 3.63) is 24.3 Å². The van der Waals surface area contributed by atoms with E-state index in [0.717, 1.165) is 19.4 Å². The third-order valence-corrected chi connectivity index (χ3v) is 3.45. The number of ether oxygens (including phenoxy) is 2. The number of likely N-dealkylation sites (N-methyl/N-ethyl adjacent to an activating group) is 1. The molecule has 0 aliphatic carbocycles. The van der Waals surface area contributed by atoms with Crippen molar-refractivity contribution in [2.45, 2.75) is 25.9 Å². The second kappa shape index (κ2) is 7.14. The van der Waals surface area contributed by atoms with E-state index in [0.29, 0.717) is 24.5 Å². The minimum absolute atomic E-state index is 0.00870. The zero-order valence-corrected chi connectivity index (χ0v) is 11.9. The molecule has 1 aromatic rings. The van der Waals surface area contributed by atoms with E-state index >= 15 is 0 Å². The van der Waals surface area contributed by atoms with Gasteiger partial charge in [0.05, 0.1) is 11.8 Å². The number of amides is 1. The fourth-order valence-corrected chi connectivity index (χ4v) is 2.28. The van der Waals surface area contributed by atoms with Crippen LogP contribution in [0.4, 0.5) is 5.69 Å². The molecule has 1 amide bonds. The SMILES string of the molecule is CCN(CC1CCCO1)C(=O)COc1ccccc1N. The van der Waals surface area contributed by atoms with Crippen LogP contribution in [0.25, 0.3) is 0 Å². The van der Waals surface area contributed by atoms with E-state index in [-0.39, 0.29) is 18.6 Å². The highest BCUT2D eigenvalue weighted by Gasteiger charge is 2.21. The van der Waals surface area contributed by atoms with E-state index in [1.165, 1.54) is 0 Å². The molecule has 110 valence electrons. The Hall–Kier alpha value is -1.75. The average Bonchev–Trinajstić information content (AvgIpc) is 2.96. The molecule has 0 radical (unpaired) electrons. The van der Waals surface area contributed by atoms with Crippen molar-refractivity contribution in [1.29, 1.82) is 0 Å². The fourth-order valence-electron chi connectivity index (χ4n) is 2.28. The molecule has 1 aliphatic heterocycles. The lowest BCUT2D eigenvalue weighted by molar-refractivity contribution is -0.134. The van der Waals surface area contributed by atoms with E-state index in [9.17, 15) is 4.79 Å². The monoisotopic (exact) mass is 278 g/mol. The minimum Gasteiger partial charge on any atom is -0.482 e. The van der Waals surface area contributed by atoms with Crippen LogP contribution in [0.1, 0.15) is 19.8 Å². The molecule has 1 aliphatic rings. The van der Waals surface area contributed by atoms with E-state index in [1.54, 1.807) is 17.0 Å². The first kappa shape index (κ1) is 14.7. The third kappa shape index (κ3) is 3.87. The summed E-state index contributed by atoms with van der Waals surface area (Å²) in [5.41, 5.74) is 6.32. The number of nitrogens with zero attached hydrogens (tertiary/aromatic N) is 1. The van der Waals surface area contributed by atoms with Crippen LogP contribution in [-0.2, 0) is 9.53 Å². The molecule has 1 atom stereocenters. The molecule has 0 saturated carbocycles. The summed E-state index contributed by atoms with van der Waals surface area (Å²) in [5.74, 6) is 0.514. The molecule has 0 aromatic heterocycles. The first-order chi connectivity index (χ1) is 9.70. The largest absolute Gasteiger partial charge is 0.482 e. The predicted molar refractivity (Wildman–Crippen MR) is 77.6 cm³/mol. The van der Waals surface area contributed by atoms with Crippen LogP contribution >= 0.6 is 0 Å². The molecule has 1 aromatic carbocycles. The third-order valence-electron chi connectivity index (χ3n) is 3.45. The van der Waals surface area contributed by atoms with Gasteiger partial charge >= 0.3 is 0 Å². The highest BCUT2D eigenvalue weighted by atomic mass is 16.5. The molecule has 2 rings (SSSR count). The maximum atomic E-state index is 12.2. The van der Waals surface area contributed by atoms with Gasteiger partial charge in [-0.2, -0.15) is 0 Å². The zero-order valence-electron chi connectivity index (χ0n) is 11.9. The van der Waals surface area contributed by atoms with Crippen molar-refractivity contribution in [3.63, 3.8) is 0 Å². The van der Waals surface area contributed by atoms with Crippen molar-refractivity contribution < 1.29 is 14.3 Å². The minimum atomic E-state index is -0.0359. The molecule has 1 heterocycles. The van der Waals surface area contributed by atoms with Gasteiger partial charge in [0, 0.05) is 19.7 Å². The summed E-state index contributed by atoms with van der Waals surface area (Å²) in [7, 11) is 0. The molecule has 1 fully saturated rings. The lowest BCUT2D eigenvalue weighted by Crippen LogP contribution is -2.39. The van der Waals surface area contributed by atoms with Gasteiger partial charge in [0.1, 0.15) is 5.75 Å². The van der Waals surface area contributed by atoms with Gasteiger partial charge in [-0.25, -0.2) is 0 Å². The Morgan fingerprint density at radius 1 is 1.50 bits per heavy atom. The van der Waals surface area contributed by atoms with Gasteiger partial charge in [-0.05, 0) is 31.9 Å². The summed E-state index contributed by atoms with van der Waals surface area (Å²) in [4.78, 5) is 13.9. The second-order valence-corrected chi connectivity index (χ2v) is 4.89. The van der Waals surface area contributed by atoms with Crippen LogP contribution in [0.5, 0.6) is 5.75 Å². The Bertz CT molecular complexity index is 444. The molecule has 1 saturated heterocycles. The zero-order chi connectivity index (χ0) is 14.4. The second-order valence-electron chi connectivity index (χ2n) is 4.89. The Morgan fingerprint density at radius 2 is 2.30 bits per heavy atom. The molecule has 5 nitrogen and oxygen atoms in total. The number of nitrogen functional groups attached to an aromatic ring is 1. The molecule has 20 heavy (non-hydrogen) atoms. The van der Waals surface area contributed by atoms with E-state index in [4.69, 9.17) is 15.2 Å². The van der Waals surface area contributed by atoms with Crippen LogP contribution in [0.15, 0.2) is 24.3 Å². The Morgan fingerprint density at radius 3 is 2.95 bits per heavy atom. The molecule has 1 unspecified atom stereocenters. The number of para-hydroxylation sites is 2. The first-order valence-corrected chi connectivity index (χ1v) is 7.07. The quantitative estimate of drug-likeness (QED) is 0.804. The standard InChI is InChI=1S/C15H22N2O3/c1-2-17(10-12-6-5-9-19-12)15(18)11-20-14-8-4-3-7-13(14)16/h3-4,7-8,12H,2,5-6,9-11,16H2,1H3. The number of benzene rings is 1. The van der Waals surface area contributed by atoms with Crippen LogP contribution < -0.4 is 10.5 Å². The maximum absolute atomic E-state index is 12.2. The fraction of sp³-hybridized carbons (Fsp3) is 0.533. The van der Waals surface area contributed by atoms with Crippen molar-refractivity contribution in [3.8, 4) is 5.75 Å². The lowest BCUT2D eigenvalue weighted by Gasteiger charge is -2.24. The molecule has 2 N–H and O–H groups in total. The number of carbonyl (C=O) groups excluding carboxylic acids is 1. The molecular weight excluding hydrogens is 256 g/mol. The van der Waals surface area contributed by atoms with Gasteiger partial charge in [0.2, 0.25) is 0 Å².